The molecule has 1 aliphatic heterocycles. The molecule has 0 amide bonds. The number of benzene rings is 1. The Balaban J connectivity index is 2.52. The highest BCUT2D eigenvalue weighted by Gasteiger charge is 2.16. The van der Waals surface area contributed by atoms with Gasteiger partial charge in [0.1, 0.15) is 0 Å². The number of aryl methyl sites for hydroxylation is 3. The Morgan fingerprint density at radius 1 is 1.40 bits per heavy atom. The largest absolute Gasteiger partial charge is 0.307 e. The molecule has 0 aliphatic carbocycles. The van der Waals surface area contributed by atoms with Crippen molar-refractivity contribution in [3.8, 4) is 0 Å². The van der Waals surface area contributed by atoms with Crippen LogP contribution in [0.25, 0.3) is 10.9 Å². The van der Waals surface area contributed by atoms with E-state index in [-0.39, 0.29) is 5.56 Å². The van der Waals surface area contributed by atoms with Crippen molar-refractivity contribution in [2.45, 2.75) is 26.3 Å². The smallest absolute Gasteiger partial charge is 0.254 e. The van der Waals surface area contributed by atoms with Crippen LogP contribution in [0, 0.1) is 0 Å². The summed E-state index contributed by atoms with van der Waals surface area (Å²) in [6, 6.07) is 8.34. The number of nitrogens with zero attached hydrogens (tertiary/aromatic N) is 1. The van der Waals surface area contributed by atoms with Gasteiger partial charge in [0.05, 0.1) is 5.52 Å². The van der Waals surface area contributed by atoms with E-state index in [2.05, 4.69) is 18.2 Å². The molecule has 2 nitrogen and oxygen atoms in total. The molecule has 1 aromatic heterocycles. The quantitative estimate of drug-likeness (QED) is 0.689. The first-order chi connectivity index (χ1) is 7.31. The molecule has 1 aromatic carbocycles. The van der Waals surface area contributed by atoms with Gasteiger partial charge in [-0.2, -0.15) is 0 Å². The van der Waals surface area contributed by atoms with Crippen LogP contribution in [0.1, 0.15) is 18.1 Å². The van der Waals surface area contributed by atoms with Crippen LogP contribution >= 0.6 is 0 Å². The number of hydrogen-bond acceptors (Lipinski definition) is 1. The Bertz CT molecular complexity index is 595. The Morgan fingerprint density at radius 2 is 2.27 bits per heavy atom. The van der Waals surface area contributed by atoms with Gasteiger partial charge in [-0.25, -0.2) is 0 Å². The van der Waals surface area contributed by atoms with Crippen molar-refractivity contribution in [1.82, 2.24) is 4.57 Å². The maximum Gasteiger partial charge on any atom is 0.254 e. The molecule has 3 rings (SSSR count). The van der Waals surface area contributed by atoms with Crippen LogP contribution < -0.4 is 5.56 Å². The van der Waals surface area contributed by atoms with E-state index in [0.717, 1.165) is 30.5 Å². The molecule has 0 spiro atoms. The van der Waals surface area contributed by atoms with E-state index in [4.69, 9.17) is 0 Å². The first kappa shape index (κ1) is 8.72. The van der Waals surface area contributed by atoms with Crippen LogP contribution in [-0.2, 0) is 19.4 Å². The molecular weight excluding hydrogens is 186 g/mol. The third kappa shape index (κ3) is 1.08. The molecule has 0 bridgehead atoms. The SMILES string of the molecule is CCc1cc2cccc3c2n(c1=O)CC3. The fourth-order valence-electron chi connectivity index (χ4n) is 2.48. The van der Waals surface area contributed by atoms with Crippen molar-refractivity contribution in [2.24, 2.45) is 0 Å². The predicted molar refractivity (Wildman–Crippen MR) is 61.3 cm³/mol. The Morgan fingerprint density at radius 3 is 3.07 bits per heavy atom. The molecule has 2 aromatic rings. The number of aromatic nitrogens is 1. The van der Waals surface area contributed by atoms with Gasteiger partial charge in [0.25, 0.3) is 5.56 Å². The van der Waals surface area contributed by atoms with Gasteiger partial charge in [-0.1, -0.05) is 25.1 Å². The van der Waals surface area contributed by atoms with E-state index in [1.807, 2.05) is 17.6 Å². The monoisotopic (exact) mass is 199 g/mol. The maximum absolute atomic E-state index is 12.0. The summed E-state index contributed by atoms with van der Waals surface area (Å²) < 4.78 is 1.93. The lowest BCUT2D eigenvalue weighted by Crippen LogP contribution is -2.21. The lowest BCUT2D eigenvalue weighted by molar-refractivity contribution is 0.732. The molecule has 0 fully saturated rings. The van der Waals surface area contributed by atoms with Gasteiger partial charge in [-0.05, 0) is 29.9 Å². The van der Waals surface area contributed by atoms with E-state index in [1.165, 1.54) is 10.9 Å². The number of rotatable bonds is 1. The second-order valence-corrected chi connectivity index (χ2v) is 4.08. The first-order valence-corrected chi connectivity index (χ1v) is 5.45. The summed E-state index contributed by atoms with van der Waals surface area (Å²) in [4.78, 5) is 12.0. The summed E-state index contributed by atoms with van der Waals surface area (Å²) in [5.41, 5.74) is 3.60. The summed E-state index contributed by atoms with van der Waals surface area (Å²) in [6.07, 6.45) is 1.82. The zero-order valence-electron chi connectivity index (χ0n) is 8.79. The number of hydrogen-bond donors (Lipinski definition) is 0. The van der Waals surface area contributed by atoms with E-state index < -0.39 is 0 Å². The van der Waals surface area contributed by atoms with Crippen LogP contribution in [0.2, 0.25) is 0 Å². The van der Waals surface area contributed by atoms with Crippen LogP contribution in [0.5, 0.6) is 0 Å². The topological polar surface area (TPSA) is 22.0 Å². The molecule has 1 aliphatic rings. The van der Waals surface area contributed by atoms with E-state index in [9.17, 15) is 4.79 Å². The van der Waals surface area contributed by atoms with E-state index >= 15 is 0 Å². The lowest BCUT2D eigenvalue weighted by Gasteiger charge is -2.06. The van der Waals surface area contributed by atoms with Gasteiger partial charge in [-0.3, -0.25) is 4.79 Å². The Labute approximate surface area is 88.2 Å². The molecule has 15 heavy (non-hydrogen) atoms. The fourth-order valence-corrected chi connectivity index (χ4v) is 2.48. The minimum Gasteiger partial charge on any atom is -0.307 e. The highest BCUT2D eigenvalue weighted by atomic mass is 16.1. The Hall–Kier alpha value is -1.57. The summed E-state index contributed by atoms with van der Waals surface area (Å²) in [5, 5.41) is 1.21. The van der Waals surface area contributed by atoms with Gasteiger partial charge in [-0.15, -0.1) is 0 Å². The molecule has 0 unspecified atom stereocenters. The number of para-hydroxylation sites is 1. The third-order valence-electron chi connectivity index (χ3n) is 3.26. The molecule has 0 saturated heterocycles. The molecule has 0 saturated carbocycles. The van der Waals surface area contributed by atoms with Crippen LogP contribution in [0.15, 0.2) is 29.1 Å². The summed E-state index contributed by atoms with van der Waals surface area (Å²) in [6.45, 7) is 2.89. The molecule has 0 atom stereocenters. The fraction of sp³-hybridized carbons (Fsp3) is 0.308. The van der Waals surface area contributed by atoms with Crippen molar-refractivity contribution in [2.75, 3.05) is 0 Å². The number of pyridine rings is 1. The van der Waals surface area contributed by atoms with Crippen molar-refractivity contribution >= 4 is 10.9 Å². The van der Waals surface area contributed by atoms with Crippen LogP contribution in [0.4, 0.5) is 0 Å². The van der Waals surface area contributed by atoms with Crippen LogP contribution in [0.3, 0.4) is 0 Å². The molecule has 0 N–H and O–H groups in total. The zero-order valence-corrected chi connectivity index (χ0v) is 8.79. The normalized spacial score (nSPS) is 13.7. The van der Waals surface area contributed by atoms with Gasteiger partial charge in [0, 0.05) is 12.1 Å². The highest BCUT2D eigenvalue weighted by molar-refractivity contribution is 5.84. The summed E-state index contributed by atoms with van der Waals surface area (Å²) in [7, 11) is 0. The molecular formula is C13H13NO. The second-order valence-electron chi connectivity index (χ2n) is 4.08. The highest BCUT2D eigenvalue weighted by Crippen LogP contribution is 2.24. The minimum absolute atomic E-state index is 0.204. The maximum atomic E-state index is 12.0. The van der Waals surface area contributed by atoms with Gasteiger partial charge in [0.15, 0.2) is 0 Å². The molecule has 2 heteroatoms. The first-order valence-electron chi connectivity index (χ1n) is 5.45. The van der Waals surface area contributed by atoms with E-state index in [1.54, 1.807) is 0 Å². The zero-order chi connectivity index (χ0) is 10.4. The van der Waals surface area contributed by atoms with Crippen molar-refractivity contribution in [3.63, 3.8) is 0 Å². The lowest BCUT2D eigenvalue weighted by atomic mass is 10.1. The van der Waals surface area contributed by atoms with Crippen molar-refractivity contribution < 1.29 is 0 Å². The van der Waals surface area contributed by atoms with Gasteiger partial charge < -0.3 is 4.57 Å². The van der Waals surface area contributed by atoms with Crippen LogP contribution in [-0.4, -0.2) is 4.57 Å². The van der Waals surface area contributed by atoms with Gasteiger partial charge >= 0.3 is 0 Å². The van der Waals surface area contributed by atoms with Crippen molar-refractivity contribution in [3.05, 3.63) is 45.7 Å². The molecule has 2 heterocycles. The average Bonchev–Trinajstić information content (AvgIpc) is 2.69. The van der Waals surface area contributed by atoms with E-state index in [0.29, 0.717) is 0 Å². The van der Waals surface area contributed by atoms with Gasteiger partial charge in [0.2, 0.25) is 0 Å². The third-order valence-corrected chi connectivity index (χ3v) is 3.26. The minimum atomic E-state index is 0.204. The predicted octanol–water partition coefficient (Wildman–Crippen LogP) is 2.12. The second kappa shape index (κ2) is 2.96. The Kier molecular flexibility index (Phi) is 1.72. The standard InChI is InChI=1S/C13H13NO/c1-2-9-8-11-5-3-4-10-6-7-14(12(10)11)13(9)15/h3-5,8H,2,6-7H2,1H3. The average molecular weight is 199 g/mol. The molecule has 0 radical (unpaired) electrons. The summed E-state index contributed by atoms with van der Waals surface area (Å²) in [5.74, 6) is 0. The molecule has 76 valence electrons. The summed E-state index contributed by atoms with van der Waals surface area (Å²) >= 11 is 0. The van der Waals surface area contributed by atoms with Crippen molar-refractivity contribution in [1.29, 1.82) is 0 Å².